The number of aryl methyl sites for hydroxylation is 2. The Kier molecular flexibility index (Phi) is 4.36. The fourth-order valence-corrected chi connectivity index (χ4v) is 3.66. The van der Waals surface area contributed by atoms with Crippen LogP contribution in [-0.2, 0) is 0 Å². The molecule has 1 aromatic carbocycles. The molecule has 0 saturated carbocycles. The van der Waals surface area contributed by atoms with E-state index in [2.05, 4.69) is 59.5 Å². The molecule has 1 unspecified atom stereocenters. The molecule has 0 bridgehead atoms. The van der Waals surface area contributed by atoms with Crippen LogP contribution >= 0.6 is 38.9 Å². The Morgan fingerprint density at radius 2 is 1.83 bits per heavy atom. The summed E-state index contributed by atoms with van der Waals surface area (Å²) < 4.78 is 1.96. The maximum Gasteiger partial charge on any atom is 0.0931 e. The van der Waals surface area contributed by atoms with Crippen molar-refractivity contribution in [1.29, 1.82) is 0 Å². The third-order valence-corrected chi connectivity index (χ3v) is 4.51. The van der Waals surface area contributed by atoms with E-state index >= 15 is 0 Å². The molecule has 0 aliphatic carbocycles. The molecule has 1 aromatic heterocycles. The smallest absolute Gasteiger partial charge is 0.0931 e. The molecule has 1 heterocycles. The fourth-order valence-electron chi connectivity index (χ4n) is 1.99. The lowest BCUT2D eigenvalue weighted by Gasteiger charge is -2.18. The third kappa shape index (κ3) is 3.08. The van der Waals surface area contributed by atoms with Gasteiger partial charge in [-0.05, 0) is 61.0 Å². The average Bonchev–Trinajstić information content (AvgIpc) is 2.70. The van der Waals surface area contributed by atoms with Gasteiger partial charge >= 0.3 is 0 Å². The van der Waals surface area contributed by atoms with Crippen molar-refractivity contribution < 1.29 is 0 Å². The van der Waals surface area contributed by atoms with E-state index in [1.807, 2.05) is 6.07 Å². The second-order valence-corrected chi connectivity index (χ2v) is 6.92. The molecule has 0 fully saturated rings. The summed E-state index contributed by atoms with van der Waals surface area (Å²) >= 11 is 11.1. The number of thiophene rings is 1. The highest BCUT2D eigenvalue weighted by molar-refractivity contribution is 9.10. The van der Waals surface area contributed by atoms with Crippen LogP contribution in [0.2, 0.25) is 4.34 Å². The van der Waals surface area contributed by atoms with Crippen LogP contribution in [0.25, 0.3) is 0 Å². The van der Waals surface area contributed by atoms with E-state index in [9.17, 15) is 0 Å². The molecule has 2 aromatic rings. The Morgan fingerprint density at radius 3 is 2.33 bits per heavy atom. The van der Waals surface area contributed by atoms with E-state index in [-0.39, 0.29) is 6.04 Å². The zero-order valence-corrected chi connectivity index (χ0v) is 13.7. The molecule has 96 valence electrons. The van der Waals surface area contributed by atoms with Crippen molar-refractivity contribution in [2.45, 2.75) is 26.8 Å². The maximum absolute atomic E-state index is 5.98. The van der Waals surface area contributed by atoms with Crippen molar-refractivity contribution in [2.24, 2.45) is 0 Å². The minimum absolute atomic E-state index is 0.257. The van der Waals surface area contributed by atoms with E-state index < -0.39 is 0 Å². The summed E-state index contributed by atoms with van der Waals surface area (Å²) in [6.07, 6.45) is 0. The molecule has 0 amide bonds. The van der Waals surface area contributed by atoms with Gasteiger partial charge in [-0.2, -0.15) is 0 Å². The molecule has 0 radical (unpaired) electrons. The number of hydrogen-bond acceptors (Lipinski definition) is 2. The zero-order valence-electron chi connectivity index (χ0n) is 10.6. The number of nitrogens with one attached hydrogen (secondary N) is 1. The lowest BCUT2D eigenvalue weighted by molar-refractivity contribution is 0.885. The van der Waals surface area contributed by atoms with Crippen molar-refractivity contribution in [3.8, 4) is 0 Å². The molecule has 0 spiro atoms. The van der Waals surface area contributed by atoms with E-state index in [1.165, 1.54) is 22.4 Å². The Hall–Kier alpha value is -0.510. The van der Waals surface area contributed by atoms with Crippen LogP contribution in [0.5, 0.6) is 0 Å². The highest BCUT2D eigenvalue weighted by Gasteiger charge is 2.11. The first kappa shape index (κ1) is 13.9. The predicted octanol–water partition coefficient (Wildman–Crippen LogP) is 5.95. The van der Waals surface area contributed by atoms with Gasteiger partial charge in [-0.3, -0.25) is 0 Å². The van der Waals surface area contributed by atoms with Crippen LogP contribution in [0.4, 0.5) is 5.69 Å². The largest absolute Gasteiger partial charge is 0.378 e. The number of anilines is 1. The van der Waals surface area contributed by atoms with E-state index in [4.69, 9.17) is 11.6 Å². The molecule has 1 nitrogen and oxygen atoms in total. The second kappa shape index (κ2) is 5.64. The average molecular weight is 345 g/mol. The lowest BCUT2D eigenvalue weighted by atomic mass is 10.1. The molecule has 1 N–H and O–H groups in total. The van der Waals surface area contributed by atoms with Gasteiger partial charge < -0.3 is 5.32 Å². The summed E-state index contributed by atoms with van der Waals surface area (Å²) in [5.41, 5.74) is 4.92. The SMILES string of the molecule is Cc1cc(Br)cc(C)c1NC(C)c1csc(Cl)c1. The van der Waals surface area contributed by atoms with Crippen LogP contribution < -0.4 is 5.32 Å². The molecule has 4 heteroatoms. The van der Waals surface area contributed by atoms with Gasteiger partial charge in [0.25, 0.3) is 0 Å². The Morgan fingerprint density at radius 1 is 1.22 bits per heavy atom. The monoisotopic (exact) mass is 343 g/mol. The van der Waals surface area contributed by atoms with Gasteiger partial charge in [-0.1, -0.05) is 27.5 Å². The van der Waals surface area contributed by atoms with Crippen LogP contribution in [0.15, 0.2) is 28.1 Å². The fraction of sp³-hybridized carbons (Fsp3) is 0.286. The summed E-state index contributed by atoms with van der Waals surface area (Å²) in [6.45, 7) is 6.39. The van der Waals surface area contributed by atoms with Crippen molar-refractivity contribution in [2.75, 3.05) is 5.32 Å². The van der Waals surface area contributed by atoms with Crippen LogP contribution in [0.3, 0.4) is 0 Å². The highest BCUT2D eigenvalue weighted by Crippen LogP contribution is 2.31. The van der Waals surface area contributed by atoms with Gasteiger partial charge in [0.1, 0.15) is 0 Å². The van der Waals surface area contributed by atoms with Crippen molar-refractivity contribution in [1.82, 2.24) is 0 Å². The summed E-state index contributed by atoms with van der Waals surface area (Å²) in [5.74, 6) is 0. The van der Waals surface area contributed by atoms with E-state index in [1.54, 1.807) is 11.3 Å². The topological polar surface area (TPSA) is 12.0 Å². The first-order chi connectivity index (χ1) is 8.47. The van der Waals surface area contributed by atoms with Gasteiger partial charge in [0, 0.05) is 16.2 Å². The normalized spacial score (nSPS) is 12.5. The van der Waals surface area contributed by atoms with Gasteiger partial charge in [0.05, 0.1) is 4.34 Å². The molecular formula is C14H15BrClNS. The Bertz CT molecular complexity index is 542. The molecule has 0 saturated heterocycles. The van der Waals surface area contributed by atoms with Crippen LogP contribution in [-0.4, -0.2) is 0 Å². The Balaban J connectivity index is 2.24. The van der Waals surface area contributed by atoms with Crippen molar-refractivity contribution >= 4 is 44.6 Å². The highest BCUT2D eigenvalue weighted by atomic mass is 79.9. The molecule has 0 aliphatic heterocycles. The second-order valence-electron chi connectivity index (χ2n) is 4.46. The maximum atomic E-state index is 5.98. The summed E-state index contributed by atoms with van der Waals surface area (Å²) in [4.78, 5) is 0. The molecule has 0 aliphatic rings. The number of rotatable bonds is 3. The summed E-state index contributed by atoms with van der Waals surface area (Å²) in [6, 6.07) is 6.53. The number of benzene rings is 1. The van der Waals surface area contributed by atoms with Gasteiger partial charge in [-0.25, -0.2) is 0 Å². The first-order valence-electron chi connectivity index (χ1n) is 5.74. The van der Waals surface area contributed by atoms with Gasteiger partial charge in [0.2, 0.25) is 0 Å². The lowest BCUT2D eigenvalue weighted by Crippen LogP contribution is -2.08. The minimum Gasteiger partial charge on any atom is -0.378 e. The summed E-state index contributed by atoms with van der Waals surface area (Å²) in [5, 5.41) is 5.66. The molecular weight excluding hydrogens is 330 g/mol. The first-order valence-corrected chi connectivity index (χ1v) is 7.79. The van der Waals surface area contributed by atoms with E-state index in [0.717, 1.165) is 8.81 Å². The summed E-state index contributed by atoms with van der Waals surface area (Å²) in [7, 11) is 0. The number of hydrogen-bond donors (Lipinski definition) is 1. The molecule has 18 heavy (non-hydrogen) atoms. The minimum atomic E-state index is 0.257. The van der Waals surface area contributed by atoms with Crippen LogP contribution in [0.1, 0.15) is 29.7 Å². The molecule has 1 atom stereocenters. The standard InChI is InChI=1S/C14H15BrClNS/c1-8-4-12(15)5-9(2)14(8)17-10(3)11-6-13(16)18-7-11/h4-7,10,17H,1-3H3. The molecule has 2 rings (SSSR count). The van der Waals surface area contributed by atoms with Crippen molar-refractivity contribution in [3.63, 3.8) is 0 Å². The van der Waals surface area contributed by atoms with E-state index in [0.29, 0.717) is 0 Å². The van der Waals surface area contributed by atoms with Gasteiger partial charge in [-0.15, -0.1) is 11.3 Å². The van der Waals surface area contributed by atoms with Gasteiger partial charge in [0.15, 0.2) is 0 Å². The zero-order chi connectivity index (χ0) is 13.3. The quantitative estimate of drug-likeness (QED) is 0.725. The van der Waals surface area contributed by atoms with Crippen molar-refractivity contribution in [3.05, 3.63) is 49.1 Å². The predicted molar refractivity (Wildman–Crippen MR) is 85.0 cm³/mol. The Labute approximate surface area is 125 Å². The number of halogens is 2. The third-order valence-electron chi connectivity index (χ3n) is 2.95. The van der Waals surface area contributed by atoms with Crippen LogP contribution in [0, 0.1) is 13.8 Å².